The molecule has 0 aliphatic heterocycles. The number of hydrogen-bond donors (Lipinski definition) is 2. The van der Waals surface area contributed by atoms with Gasteiger partial charge >= 0.3 is 0 Å². The molecule has 2 N–H and O–H groups in total. The van der Waals surface area contributed by atoms with Gasteiger partial charge in [-0.15, -0.1) is 0 Å². The van der Waals surface area contributed by atoms with Crippen molar-refractivity contribution in [1.29, 1.82) is 0 Å². The highest BCUT2D eigenvalue weighted by atomic mass is 16.5. The van der Waals surface area contributed by atoms with Gasteiger partial charge in [-0.3, -0.25) is 9.59 Å². The molecular weight excluding hydrogens is 380 g/mol. The molecule has 162 valence electrons. The fourth-order valence-electron chi connectivity index (χ4n) is 2.83. The average molecular weight is 413 g/mol. The summed E-state index contributed by atoms with van der Waals surface area (Å²) in [6.07, 6.45) is -0.00126. The standard InChI is InChI=1S/C24H32N2O4/c1-17(30-19-13-11-18(12-14-19)24(2,3)4)22(27)26-21-10-7-6-9-20(21)23(28)25-15-8-16-29-5/h6-7,9-14,17H,8,15-16H2,1-5H3,(H,25,28)(H,26,27). The van der Waals surface area contributed by atoms with Gasteiger partial charge < -0.3 is 20.1 Å². The fourth-order valence-corrected chi connectivity index (χ4v) is 2.83. The second-order valence-corrected chi connectivity index (χ2v) is 8.17. The van der Waals surface area contributed by atoms with E-state index in [2.05, 4.69) is 31.4 Å². The maximum absolute atomic E-state index is 12.6. The molecule has 0 aliphatic carbocycles. The zero-order valence-electron chi connectivity index (χ0n) is 18.5. The average Bonchev–Trinajstić information content (AvgIpc) is 2.71. The molecule has 0 saturated carbocycles. The third kappa shape index (κ3) is 6.88. The number of benzene rings is 2. The van der Waals surface area contributed by atoms with E-state index >= 15 is 0 Å². The zero-order chi connectivity index (χ0) is 22.1. The van der Waals surface area contributed by atoms with Crippen LogP contribution < -0.4 is 15.4 Å². The summed E-state index contributed by atoms with van der Waals surface area (Å²) < 4.78 is 10.8. The van der Waals surface area contributed by atoms with Crippen molar-refractivity contribution in [3.63, 3.8) is 0 Å². The van der Waals surface area contributed by atoms with E-state index in [-0.39, 0.29) is 17.2 Å². The van der Waals surface area contributed by atoms with Gasteiger partial charge in [0.1, 0.15) is 5.75 Å². The minimum atomic E-state index is -0.719. The van der Waals surface area contributed by atoms with Crippen LogP contribution in [0.25, 0.3) is 0 Å². The summed E-state index contributed by atoms with van der Waals surface area (Å²) in [5.74, 6) is 0.0534. The third-order valence-corrected chi connectivity index (χ3v) is 4.64. The molecule has 30 heavy (non-hydrogen) atoms. The molecule has 2 rings (SSSR count). The van der Waals surface area contributed by atoms with Crippen LogP contribution in [0.1, 0.15) is 50.0 Å². The van der Waals surface area contributed by atoms with Gasteiger partial charge in [-0.05, 0) is 48.6 Å². The minimum Gasteiger partial charge on any atom is -0.481 e. The maximum Gasteiger partial charge on any atom is 0.265 e. The molecule has 2 amide bonds. The van der Waals surface area contributed by atoms with E-state index < -0.39 is 6.10 Å². The Hall–Kier alpha value is -2.86. The number of para-hydroxylation sites is 1. The van der Waals surface area contributed by atoms with Crippen molar-refractivity contribution in [2.24, 2.45) is 0 Å². The van der Waals surface area contributed by atoms with Crippen LogP contribution in [0.3, 0.4) is 0 Å². The van der Waals surface area contributed by atoms with Crippen LogP contribution in [-0.2, 0) is 14.9 Å². The molecule has 2 aromatic carbocycles. The smallest absolute Gasteiger partial charge is 0.265 e. The third-order valence-electron chi connectivity index (χ3n) is 4.64. The van der Waals surface area contributed by atoms with Crippen LogP contribution in [0.15, 0.2) is 48.5 Å². The molecule has 1 atom stereocenters. The molecule has 0 spiro atoms. The van der Waals surface area contributed by atoms with Gasteiger partial charge in [-0.1, -0.05) is 45.0 Å². The van der Waals surface area contributed by atoms with Gasteiger partial charge in [-0.2, -0.15) is 0 Å². The van der Waals surface area contributed by atoms with E-state index in [9.17, 15) is 9.59 Å². The second kappa shape index (κ2) is 10.8. The summed E-state index contributed by atoms with van der Waals surface area (Å²) in [5.41, 5.74) is 2.10. The molecule has 6 nitrogen and oxygen atoms in total. The molecule has 0 aromatic heterocycles. The Morgan fingerprint density at radius 1 is 1.03 bits per heavy atom. The number of nitrogens with one attached hydrogen (secondary N) is 2. The van der Waals surface area contributed by atoms with E-state index in [4.69, 9.17) is 9.47 Å². The SMILES string of the molecule is COCCCNC(=O)c1ccccc1NC(=O)C(C)Oc1ccc(C(C)(C)C)cc1. The number of carbonyl (C=O) groups excluding carboxylic acids is 2. The monoisotopic (exact) mass is 412 g/mol. The molecule has 6 heteroatoms. The predicted molar refractivity (Wildman–Crippen MR) is 119 cm³/mol. The molecule has 0 aliphatic rings. The number of anilines is 1. The molecule has 0 saturated heterocycles. The summed E-state index contributed by atoms with van der Waals surface area (Å²) >= 11 is 0. The quantitative estimate of drug-likeness (QED) is 0.607. The van der Waals surface area contributed by atoms with Crippen molar-refractivity contribution < 1.29 is 19.1 Å². The van der Waals surface area contributed by atoms with Crippen molar-refractivity contribution in [2.45, 2.75) is 45.6 Å². The minimum absolute atomic E-state index is 0.0510. The number of hydrogen-bond acceptors (Lipinski definition) is 4. The first-order valence-corrected chi connectivity index (χ1v) is 10.2. The Morgan fingerprint density at radius 3 is 2.33 bits per heavy atom. The highest BCUT2D eigenvalue weighted by molar-refractivity contribution is 6.04. The predicted octanol–water partition coefficient (Wildman–Crippen LogP) is 4.16. The first kappa shape index (κ1) is 23.4. The molecule has 0 heterocycles. The molecule has 0 fully saturated rings. The summed E-state index contributed by atoms with van der Waals surface area (Å²) in [4.78, 5) is 25.1. The van der Waals surface area contributed by atoms with Gasteiger partial charge in [0.2, 0.25) is 0 Å². The van der Waals surface area contributed by atoms with Crippen molar-refractivity contribution in [2.75, 3.05) is 25.6 Å². The Balaban J connectivity index is 1.99. The number of ether oxygens (including phenoxy) is 2. The number of carbonyl (C=O) groups is 2. The Morgan fingerprint density at radius 2 is 1.70 bits per heavy atom. The zero-order valence-corrected chi connectivity index (χ0v) is 18.5. The largest absolute Gasteiger partial charge is 0.481 e. The second-order valence-electron chi connectivity index (χ2n) is 8.17. The maximum atomic E-state index is 12.6. The van der Waals surface area contributed by atoms with Crippen LogP contribution in [0, 0.1) is 0 Å². The number of rotatable bonds is 9. The molecule has 2 aromatic rings. The van der Waals surface area contributed by atoms with Crippen LogP contribution >= 0.6 is 0 Å². The fraction of sp³-hybridized carbons (Fsp3) is 0.417. The highest BCUT2D eigenvalue weighted by Crippen LogP contribution is 2.25. The first-order valence-electron chi connectivity index (χ1n) is 10.2. The van der Waals surface area contributed by atoms with Crippen LogP contribution in [-0.4, -0.2) is 38.2 Å². The highest BCUT2D eigenvalue weighted by Gasteiger charge is 2.19. The Bertz CT molecular complexity index is 841. The summed E-state index contributed by atoms with van der Waals surface area (Å²) in [5, 5.41) is 5.63. The molecule has 0 radical (unpaired) electrons. The van der Waals surface area contributed by atoms with Gasteiger partial charge in [0.25, 0.3) is 11.8 Å². The van der Waals surface area contributed by atoms with Crippen molar-refractivity contribution in [1.82, 2.24) is 5.32 Å². The Kier molecular flexibility index (Phi) is 8.42. The van der Waals surface area contributed by atoms with Crippen molar-refractivity contribution >= 4 is 17.5 Å². The van der Waals surface area contributed by atoms with E-state index in [1.165, 1.54) is 5.56 Å². The van der Waals surface area contributed by atoms with Gasteiger partial charge in [0.15, 0.2) is 6.10 Å². The number of methoxy groups -OCH3 is 1. The van der Waals surface area contributed by atoms with Gasteiger partial charge in [0.05, 0.1) is 11.3 Å². The van der Waals surface area contributed by atoms with E-state index in [1.54, 1.807) is 38.3 Å². The van der Waals surface area contributed by atoms with E-state index in [0.717, 1.165) is 6.42 Å². The van der Waals surface area contributed by atoms with Crippen molar-refractivity contribution in [3.05, 3.63) is 59.7 Å². The normalized spacial score (nSPS) is 12.2. The van der Waals surface area contributed by atoms with Crippen molar-refractivity contribution in [3.8, 4) is 5.75 Å². The van der Waals surface area contributed by atoms with Crippen LogP contribution in [0.4, 0.5) is 5.69 Å². The summed E-state index contributed by atoms with van der Waals surface area (Å²) in [6.45, 7) is 9.18. The van der Waals surface area contributed by atoms with Gasteiger partial charge in [-0.25, -0.2) is 0 Å². The van der Waals surface area contributed by atoms with E-state index in [0.29, 0.717) is 30.2 Å². The topological polar surface area (TPSA) is 76.7 Å². The summed E-state index contributed by atoms with van der Waals surface area (Å²) in [6, 6.07) is 14.7. The lowest BCUT2D eigenvalue weighted by atomic mass is 9.87. The Labute approximate surface area is 179 Å². The first-order chi connectivity index (χ1) is 14.2. The molecule has 1 unspecified atom stereocenters. The lowest BCUT2D eigenvalue weighted by Crippen LogP contribution is -2.32. The van der Waals surface area contributed by atoms with E-state index in [1.807, 2.05) is 24.3 Å². The van der Waals surface area contributed by atoms with Crippen LogP contribution in [0.2, 0.25) is 0 Å². The molecule has 0 bridgehead atoms. The molecular formula is C24H32N2O4. The van der Waals surface area contributed by atoms with Crippen LogP contribution in [0.5, 0.6) is 5.75 Å². The lowest BCUT2D eigenvalue weighted by Gasteiger charge is -2.20. The van der Waals surface area contributed by atoms with Gasteiger partial charge in [0, 0.05) is 20.3 Å². The summed E-state index contributed by atoms with van der Waals surface area (Å²) in [7, 11) is 1.62. The number of amides is 2. The lowest BCUT2D eigenvalue weighted by molar-refractivity contribution is -0.122.